The maximum atomic E-state index is 13.1. The Hall–Kier alpha value is -2.14. The quantitative estimate of drug-likeness (QED) is 0.777. The first-order chi connectivity index (χ1) is 12.1. The molecule has 0 aliphatic carbocycles. The molecule has 1 aromatic heterocycles. The predicted octanol–water partition coefficient (Wildman–Crippen LogP) is 3.94. The molecule has 0 saturated heterocycles. The highest BCUT2D eigenvalue weighted by Gasteiger charge is 2.29. The van der Waals surface area contributed by atoms with E-state index in [2.05, 4.69) is 5.32 Å². The average Bonchev–Trinajstić information content (AvgIpc) is 3.16. The molecule has 0 spiro atoms. The lowest BCUT2D eigenvalue weighted by Crippen LogP contribution is -2.51. The van der Waals surface area contributed by atoms with Crippen molar-refractivity contribution in [2.24, 2.45) is 5.92 Å². The molecule has 134 valence electrons. The van der Waals surface area contributed by atoms with E-state index in [1.165, 1.54) is 0 Å². The molecule has 25 heavy (non-hydrogen) atoms. The Morgan fingerprint density at radius 1 is 1.12 bits per heavy atom. The Kier molecular flexibility index (Phi) is 7.19. The van der Waals surface area contributed by atoms with E-state index in [1.807, 2.05) is 61.4 Å². The number of hydrogen-bond acceptors (Lipinski definition) is 3. The maximum absolute atomic E-state index is 13.1. The molecular formula is C20H26N2O2S. The Morgan fingerprint density at radius 2 is 1.84 bits per heavy atom. The minimum absolute atomic E-state index is 0.0190. The van der Waals surface area contributed by atoms with Crippen LogP contribution in [0.3, 0.4) is 0 Å². The highest BCUT2D eigenvalue weighted by atomic mass is 32.1. The van der Waals surface area contributed by atoms with Gasteiger partial charge in [-0.25, -0.2) is 0 Å². The van der Waals surface area contributed by atoms with Crippen LogP contribution in [0.15, 0.2) is 47.8 Å². The third kappa shape index (κ3) is 5.16. The fraction of sp³-hybridized carbons (Fsp3) is 0.400. The van der Waals surface area contributed by atoms with Gasteiger partial charge in [-0.1, -0.05) is 44.5 Å². The number of thiophene rings is 1. The zero-order chi connectivity index (χ0) is 18.2. The number of hydrogen-bond donors (Lipinski definition) is 1. The molecule has 0 saturated carbocycles. The number of rotatable bonds is 8. The summed E-state index contributed by atoms with van der Waals surface area (Å²) in [6.07, 6.45) is 0.821. The summed E-state index contributed by atoms with van der Waals surface area (Å²) in [6.45, 7) is 7.21. The molecule has 1 aromatic carbocycles. The molecule has 2 atom stereocenters. The zero-order valence-corrected chi connectivity index (χ0v) is 15.9. The summed E-state index contributed by atoms with van der Waals surface area (Å²) in [7, 11) is 0. The van der Waals surface area contributed by atoms with E-state index in [0.29, 0.717) is 18.7 Å². The third-order valence-electron chi connectivity index (χ3n) is 4.42. The fourth-order valence-corrected chi connectivity index (χ4v) is 3.35. The summed E-state index contributed by atoms with van der Waals surface area (Å²) in [6, 6.07) is 12.5. The summed E-state index contributed by atoms with van der Waals surface area (Å²) < 4.78 is 0. The molecule has 0 bridgehead atoms. The minimum Gasteiger partial charge on any atom is -0.340 e. The van der Waals surface area contributed by atoms with Crippen LogP contribution in [0.2, 0.25) is 0 Å². The molecular weight excluding hydrogens is 332 g/mol. The largest absolute Gasteiger partial charge is 0.340 e. The van der Waals surface area contributed by atoms with Crippen LogP contribution < -0.4 is 5.32 Å². The van der Waals surface area contributed by atoms with Crippen molar-refractivity contribution in [3.05, 3.63) is 58.3 Å². The van der Waals surface area contributed by atoms with Gasteiger partial charge in [-0.3, -0.25) is 9.59 Å². The molecule has 2 rings (SSSR count). The van der Waals surface area contributed by atoms with Crippen molar-refractivity contribution in [1.82, 2.24) is 10.2 Å². The van der Waals surface area contributed by atoms with Crippen molar-refractivity contribution in [2.75, 3.05) is 6.54 Å². The first-order valence-corrected chi connectivity index (χ1v) is 9.61. The smallest absolute Gasteiger partial charge is 0.251 e. The van der Waals surface area contributed by atoms with Crippen molar-refractivity contribution in [3.8, 4) is 0 Å². The third-order valence-corrected chi connectivity index (χ3v) is 5.28. The lowest BCUT2D eigenvalue weighted by molar-refractivity contribution is -0.134. The second kappa shape index (κ2) is 9.37. The van der Waals surface area contributed by atoms with E-state index >= 15 is 0 Å². The summed E-state index contributed by atoms with van der Waals surface area (Å²) in [5.74, 6) is -0.154. The molecule has 2 unspecified atom stereocenters. The maximum Gasteiger partial charge on any atom is 0.251 e. The molecule has 0 aliphatic heterocycles. The van der Waals surface area contributed by atoms with Gasteiger partial charge in [0.2, 0.25) is 5.91 Å². The van der Waals surface area contributed by atoms with Crippen molar-refractivity contribution in [2.45, 2.75) is 39.8 Å². The predicted molar refractivity (Wildman–Crippen MR) is 103 cm³/mol. The molecule has 2 amide bonds. The van der Waals surface area contributed by atoms with Gasteiger partial charge in [-0.2, -0.15) is 0 Å². The topological polar surface area (TPSA) is 49.4 Å². The molecule has 2 aromatic rings. The molecule has 4 nitrogen and oxygen atoms in total. The van der Waals surface area contributed by atoms with Gasteiger partial charge in [0.1, 0.15) is 6.04 Å². The van der Waals surface area contributed by atoms with Gasteiger partial charge < -0.3 is 10.2 Å². The standard InChI is InChI=1S/C20H26N2O2S/c1-4-15(3)18(21-19(23)16-10-7-6-8-11-16)20(24)22(5-2)14-17-12-9-13-25-17/h6-13,15,18H,4-5,14H2,1-3H3,(H,21,23). The van der Waals surface area contributed by atoms with Crippen molar-refractivity contribution >= 4 is 23.2 Å². The first kappa shape index (κ1) is 19.2. The van der Waals surface area contributed by atoms with E-state index in [4.69, 9.17) is 0 Å². The van der Waals surface area contributed by atoms with Crippen LogP contribution in [0.5, 0.6) is 0 Å². The fourth-order valence-electron chi connectivity index (χ4n) is 2.63. The number of likely N-dealkylation sites (N-methyl/N-ethyl adjacent to an activating group) is 1. The summed E-state index contributed by atoms with van der Waals surface area (Å²) in [5.41, 5.74) is 0.574. The second-order valence-corrected chi connectivity index (χ2v) is 7.17. The van der Waals surface area contributed by atoms with E-state index in [9.17, 15) is 9.59 Å². The van der Waals surface area contributed by atoms with Crippen molar-refractivity contribution < 1.29 is 9.59 Å². The molecule has 0 fully saturated rings. The van der Waals surface area contributed by atoms with Gasteiger partial charge in [0.15, 0.2) is 0 Å². The van der Waals surface area contributed by atoms with E-state index in [1.54, 1.807) is 23.5 Å². The Balaban J connectivity index is 2.14. The van der Waals surface area contributed by atoms with Gasteiger partial charge >= 0.3 is 0 Å². The monoisotopic (exact) mass is 358 g/mol. The van der Waals surface area contributed by atoms with E-state index in [-0.39, 0.29) is 17.7 Å². The Bertz CT molecular complexity index is 670. The molecule has 5 heteroatoms. The number of carbonyl (C=O) groups excluding carboxylic acids is 2. The van der Waals surface area contributed by atoms with Crippen LogP contribution in [0, 0.1) is 5.92 Å². The SMILES string of the molecule is CCC(C)C(NC(=O)c1ccccc1)C(=O)N(CC)Cc1cccs1. The number of amides is 2. The van der Waals surface area contributed by atoms with Gasteiger partial charge in [-0.15, -0.1) is 11.3 Å². The van der Waals surface area contributed by atoms with E-state index in [0.717, 1.165) is 11.3 Å². The van der Waals surface area contributed by atoms with Gasteiger partial charge in [0, 0.05) is 17.0 Å². The average molecular weight is 359 g/mol. The second-order valence-electron chi connectivity index (χ2n) is 6.13. The lowest BCUT2D eigenvalue weighted by Gasteiger charge is -2.30. The Labute approximate surface area is 153 Å². The van der Waals surface area contributed by atoms with Gasteiger partial charge in [0.25, 0.3) is 5.91 Å². The van der Waals surface area contributed by atoms with Crippen LogP contribution in [-0.4, -0.2) is 29.3 Å². The van der Waals surface area contributed by atoms with Crippen molar-refractivity contribution in [1.29, 1.82) is 0 Å². The number of benzene rings is 1. The van der Waals surface area contributed by atoms with Crippen LogP contribution in [0.25, 0.3) is 0 Å². The van der Waals surface area contributed by atoms with Gasteiger partial charge in [0.05, 0.1) is 6.54 Å². The highest BCUT2D eigenvalue weighted by Crippen LogP contribution is 2.16. The zero-order valence-electron chi connectivity index (χ0n) is 15.1. The normalized spacial score (nSPS) is 13.1. The summed E-state index contributed by atoms with van der Waals surface area (Å²) >= 11 is 1.64. The van der Waals surface area contributed by atoms with Crippen LogP contribution in [0.4, 0.5) is 0 Å². The van der Waals surface area contributed by atoms with Crippen LogP contribution >= 0.6 is 11.3 Å². The van der Waals surface area contributed by atoms with Crippen LogP contribution in [-0.2, 0) is 11.3 Å². The van der Waals surface area contributed by atoms with E-state index < -0.39 is 6.04 Å². The Morgan fingerprint density at radius 3 is 2.40 bits per heavy atom. The summed E-state index contributed by atoms with van der Waals surface area (Å²) in [5, 5.41) is 4.96. The minimum atomic E-state index is -0.516. The molecule has 0 radical (unpaired) electrons. The van der Waals surface area contributed by atoms with Crippen LogP contribution in [0.1, 0.15) is 42.4 Å². The molecule has 0 aliphatic rings. The first-order valence-electron chi connectivity index (χ1n) is 8.73. The van der Waals surface area contributed by atoms with Gasteiger partial charge in [-0.05, 0) is 36.4 Å². The number of nitrogens with one attached hydrogen (secondary N) is 1. The van der Waals surface area contributed by atoms with Crippen molar-refractivity contribution in [3.63, 3.8) is 0 Å². The number of carbonyl (C=O) groups is 2. The highest BCUT2D eigenvalue weighted by molar-refractivity contribution is 7.09. The summed E-state index contributed by atoms with van der Waals surface area (Å²) in [4.78, 5) is 28.6. The molecule has 1 heterocycles. The molecule has 1 N–H and O–H groups in total. The lowest BCUT2D eigenvalue weighted by atomic mass is 9.97. The number of nitrogens with zero attached hydrogens (tertiary/aromatic N) is 1.